The number of hydrogen-bond acceptors (Lipinski definition) is 5. The molecule has 2 aliphatic carbocycles. The number of rotatable bonds is 7. The van der Waals surface area contributed by atoms with E-state index in [9.17, 15) is 9.59 Å². The number of hydrogen-bond donors (Lipinski definition) is 1. The SMILES string of the molecule is CCn1c(SCC(=O)NC(C2CC2)C2CC2)nc2ccsc2c1=O. The molecule has 1 amide bonds. The zero-order valence-corrected chi connectivity index (χ0v) is 15.3. The summed E-state index contributed by atoms with van der Waals surface area (Å²) in [5.74, 6) is 1.77. The minimum atomic E-state index is -0.00533. The van der Waals surface area contributed by atoms with E-state index >= 15 is 0 Å². The third-order valence-electron chi connectivity index (χ3n) is 4.77. The highest BCUT2D eigenvalue weighted by molar-refractivity contribution is 7.99. The molecule has 0 saturated heterocycles. The van der Waals surface area contributed by atoms with Crippen LogP contribution in [0.3, 0.4) is 0 Å². The molecule has 1 N–H and O–H groups in total. The van der Waals surface area contributed by atoms with E-state index < -0.39 is 0 Å². The van der Waals surface area contributed by atoms with Gasteiger partial charge in [0.25, 0.3) is 5.56 Å². The van der Waals surface area contributed by atoms with Crippen molar-refractivity contribution >= 4 is 39.2 Å². The van der Waals surface area contributed by atoms with Crippen LogP contribution >= 0.6 is 23.1 Å². The number of thiophene rings is 1. The molecule has 24 heavy (non-hydrogen) atoms. The molecular formula is C17H21N3O2S2. The molecule has 2 aliphatic rings. The number of fused-ring (bicyclic) bond motifs is 1. The Bertz CT molecular complexity index is 809. The van der Waals surface area contributed by atoms with Crippen LogP contribution in [0.1, 0.15) is 32.6 Å². The highest BCUT2D eigenvalue weighted by Gasteiger charge is 2.42. The Hall–Kier alpha value is -1.34. The van der Waals surface area contributed by atoms with Crippen LogP contribution < -0.4 is 10.9 Å². The van der Waals surface area contributed by atoms with Crippen molar-refractivity contribution in [2.75, 3.05) is 5.75 Å². The Morgan fingerprint density at radius 3 is 2.75 bits per heavy atom. The van der Waals surface area contributed by atoms with Crippen molar-refractivity contribution in [2.45, 2.75) is 50.4 Å². The Kier molecular flexibility index (Phi) is 4.39. The van der Waals surface area contributed by atoms with Gasteiger partial charge < -0.3 is 5.32 Å². The first kappa shape index (κ1) is 16.1. The predicted molar refractivity (Wildman–Crippen MR) is 97.7 cm³/mol. The van der Waals surface area contributed by atoms with Crippen LogP contribution in [0.25, 0.3) is 10.2 Å². The molecule has 2 aromatic heterocycles. The lowest BCUT2D eigenvalue weighted by Gasteiger charge is -2.17. The molecule has 0 radical (unpaired) electrons. The topological polar surface area (TPSA) is 64.0 Å². The van der Waals surface area contributed by atoms with Gasteiger partial charge in [-0.15, -0.1) is 11.3 Å². The van der Waals surface area contributed by atoms with Crippen LogP contribution in [0.2, 0.25) is 0 Å². The molecule has 4 rings (SSSR count). The first-order valence-corrected chi connectivity index (χ1v) is 10.4. The maximum atomic E-state index is 12.5. The van der Waals surface area contributed by atoms with Gasteiger partial charge >= 0.3 is 0 Å². The second-order valence-electron chi connectivity index (χ2n) is 6.64. The summed E-state index contributed by atoms with van der Waals surface area (Å²) in [6.07, 6.45) is 5.00. The number of nitrogens with zero attached hydrogens (tertiary/aromatic N) is 2. The average Bonchev–Trinajstić information content (AvgIpc) is 3.49. The van der Waals surface area contributed by atoms with Gasteiger partial charge in [-0.05, 0) is 55.9 Å². The van der Waals surface area contributed by atoms with Crippen LogP contribution in [0.15, 0.2) is 21.4 Å². The van der Waals surface area contributed by atoms with Gasteiger partial charge in [0.1, 0.15) is 4.70 Å². The van der Waals surface area contributed by atoms with Crippen LogP contribution in [0.5, 0.6) is 0 Å². The van der Waals surface area contributed by atoms with Crippen LogP contribution in [-0.4, -0.2) is 27.3 Å². The average molecular weight is 364 g/mol. The standard InChI is InChI=1S/C17H21N3O2S2/c1-2-20-16(22)15-12(7-8-23-15)18-17(20)24-9-13(21)19-14(10-3-4-10)11-5-6-11/h7-8,10-11,14H,2-6,9H2,1H3,(H,19,21). The molecule has 2 aromatic rings. The van der Waals surface area contributed by atoms with Crippen molar-refractivity contribution in [3.8, 4) is 0 Å². The second kappa shape index (κ2) is 6.52. The third-order valence-corrected chi connectivity index (χ3v) is 6.63. The lowest BCUT2D eigenvalue weighted by atomic mass is 10.1. The zero-order valence-electron chi connectivity index (χ0n) is 13.7. The fourth-order valence-electron chi connectivity index (χ4n) is 3.20. The predicted octanol–water partition coefficient (Wildman–Crippen LogP) is 2.87. The summed E-state index contributed by atoms with van der Waals surface area (Å²) in [6.45, 7) is 2.50. The Morgan fingerprint density at radius 2 is 2.12 bits per heavy atom. The summed E-state index contributed by atoms with van der Waals surface area (Å²) in [4.78, 5) is 29.4. The quantitative estimate of drug-likeness (QED) is 0.607. The third kappa shape index (κ3) is 3.24. The molecular weight excluding hydrogens is 342 g/mol. The minimum absolute atomic E-state index is 0.00533. The fourth-order valence-corrected chi connectivity index (χ4v) is 4.85. The zero-order chi connectivity index (χ0) is 16.7. The van der Waals surface area contributed by atoms with Crippen molar-refractivity contribution in [1.82, 2.24) is 14.9 Å². The second-order valence-corrected chi connectivity index (χ2v) is 8.49. The molecule has 0 aromatic carbocycles. The van der Waals surface area contributed by atoms with Crippen molar-refractivity contribution in [3.05, 3.63) is 21.8 Å². The number of aromatic nitrogens is 2. The van der Waals surface area contributed by atoms with E-state index in [0.29, 0.717) is 40.0 Å². The summed E-state index contributed by atoms with van der Waals surface area (Å²) >= 11 is 2.78. The highest BCUT2D eigenvalue weighted by Crippen LogP contribution is 2.44. The normalized spacial score (nSPS) is 17.6. The summed E-state index contributed by atoms with van der Waals surface area (Å²) in [5, 5.41) is 5.74. The summed E-state index contributed by atoms with van der Waals surface area (Å²) in [6, 6.07) is 2.24. The van der Waals surface area contributed by atoms with Gasteiger partial charge in [-0.3, -0.25) is 14.2 Å². The number of carbonyl (C=O) groups is 1. The van der Waals surface area contributed by atoms with Crippen molar-refractivity contribution in [3.63, 3.8) is 0 Å². The van der Waals surface area contributed by atoms with E-state index in [1.165, 1.54) is 48.8 Å². The van der Waals surface area contributed by atoms with Crippen LogP contribution in [-0.2, 0) is 11.3 Å². The molecule has 0 atom stereocenters. The van der Waals surface area contributed by atoms with E-state index in [1.54, 1.807) is 4.57 Å². The van der Waals surface area contributed by atoms with Gasteiger partial charge in [0, 0.05) is 12.6 Å². The number of thioether (sulfide) groups is 1. The van der Waals surface area contributed by atoms with Crippen molar-refractivity contribution in [1.29, 1.82) is 0 Å². The van der Waals surface area contributed by atoms with Gasteiger partial charge in [-0.2, -0.15) is 0 Å². The molecule has 0 aliphatic heterocycles. The molecule has 0 unspecified atom stereocenters. The molecule has 7 heteroatoms. The van der Waals surface area contributed by atoms with Gasteiger partial charge in [0.2, 0.25) is 5.91 Å². The molecule has 0 bridgehead atoms. The van der Waals surface area contributed by atoms with Gasteiger partial charge in [-0.25, -0.2) is 4.98 Å². The molecule has 128 valence electrons. The largest absolute Gasteiger partial charge is 0.352 e. The van der Waals surface area contributed by atoms with E-state index in [0.717, 1.165) is 5.52 Å². The van der Waals surface area contributed by atoms with Crippen molar-refractivity contribution in [2.24, 2.45) is 11.8 Å². The first-order chi connectivity index (χ1) is 11.7. The first-order valence-electron chi connectivity index (χ1n) is 8.57. The minimum Gasteiger partial charge on any atom is -0.352 e. The smallest absolute Gasteiger partial charge is 0.272 e. The Labute approximate surface area is 148 Å². The highest BCUT2D eigenvalue weighted by atomic mass is 32.2. The molecule has 0 spiro atoms. The van der Waals surface area contributed by atoms with Crippen LogP contribution in [0, 0.1) is 11.8 Å². The summed E-state index contributed by atoms with van der Waals surface area (Å²) < 4.78 is 2.35. The maximum absolute atomic E-state index is 12.5. The molecule has 2 saturated carbocycles. The van der Waals surface area contributed by atoms with E-state index in [-0.39, 0.29) is 11.5 Å². The molecule has 2 fully saturated rings. The Morgan fingerprint density at radius 1 is 1.42 bits per heavy atom. The number of amides is 1. The van der Waals surface area contributed by atoms with Crippen molar-refractivity contribution < 1.29 is 4.79 Å². The summed E-state index contributed by atoms with van der Waals surface area (Å²) in [5.41, 5.74) is 0.723. The summed E-state index contributed by atoms with van der Waals surface area (Å²) in [7, 11) is 0. The van der Waals surface area contributed by atoms with E-state index in [2.05, 4.69) is 10.3 Å². The van der Waals surface area contributed by atoms with E-state index in [1.807, 2.05) is 18.4 Å². The van der Waals surface area contributed by atoms with Crippen LogP contribution in [0.4, 0.5) is 0 Å². The van der Waals surface area contributed by atoms with Gasteiger partial charge in [0.05, 0.1) is 11.3 Å². The molecule has 5 nitrogen and oxygen atoms in total. The van der Waals surface area contributed by atoms with E-state index in [4.69, 9.17) is 0 Å². The lowest BCUT2D eigenvalue weighted by molar-refractivity contribution is -0.119. The lowest BCUT2D eigenvalue weighted by Crippen LogP contribution is -2.39. The fraction of sp³-hybridized carbons (Fsp3) is 0.588. The molecule has 2 heterocycles. The number of carbonyl (C=O) groups excluding carboxylic acids is 1. The van der Waals surface area contributed by atoms with Gasteiger partial charge in [0.15, 0.2) is 5.16 Å². The number of nitrogens with one attached hydrogen (secondary N) is 1. The van der Waals surface area contributed by atoms with Gasteiger partial charge in [-0.1, -0.05) is 11.8 Å². The Balaban J connectivity index is 1.45. The monoisotopic (exact) mass is 363 g/mol. The maximum Gasteiger partial charge on any atom is 0.272 e.